The van der Waals surface area contributed by atoms with Crippen LogP contribution in [0.15, 0.2) is 48.7 Å². The van der Waals surface area contributed by atoms with Crippen molar-refractivity contribution in [2.24, 2.45) is 0 Å². The van der Waals surface area contributed by atoms with Crippen molar-refractivity contribution < 1.29 is 19.1 Å². The third-order valence-corrected chi connectivity index (χ3v) is 4.31. The summed E-state index contributed by atoms with van der Waals surface area (Å²) in [5.74, 6) is 0.701. The molecule has 3 rings (SSSR count). The zero-order valence-electron chi connectivity index (χ0n) is 15.8. The standard InChI is InChI=1S/C20H24N4O4/c1-2-27-20(26)24-13-11-23(12-14-24)19(25)22-16-6-8-18(9-7-16)28-15-17-5-3-4-10-21-17/h3-10H,2,11-15H2,1H3,(H,22,25). The molecule has 3 amide bonds. The number of aromatic nitrogens is 1. The minimum absolute atomic E-state index is 0.189. The lowest BCUT2D eigenvalue weighted by Gasteiger charge is -2.34. The van der Waals surface area contributed by atoms with Crippen molar-refractivity contribution >= 4 is 17.8 Å². The molecule has 2 heterocycles. The van der Waals surface area contributed by atoms with Crippen LogP contribution in [0.4, 0.5) is 15.3 Å². The van der Waals surface area contributed by atoms with Crippen molar-refractivity contribution in [3.8, 4) is 5.75 Å². The number of carbonyl (C=O) groups excluding carboxylic acids is 2. The summed E-state index contributed by atoms with van der Waals surface area (Å²) < 4.78 is 10.7. The Morgan fingerprint density at radius 1 is 1.04 bits per heavy atom. The fraction of sp³-hybridized carbons (Fsp3) is 0.350. The van der Waals surface area contributed by atoms with Crippen molar-refractivity contribution in [3.05, 3.63) is 54.4 Å². The fourth-order valence-electron chi connectivity index (χ4n) is 2.78. The van der Waals surface area contributed by atoms with Crippen LogP contribution in [0.1, 0.15) is 12.6 Å². The zero-order chi connectivity index (χ0) is 19.8. The summed E-state index contributed by atoms with van der Waals surface area (Å²) in [4.78, 5) is 31.6. The van der Waals surface area contributed by atoms with Gasteiger partial charge in [0.15, 0.2) is 0 Å². The Morgan fingerprint density at radius 3 is 2.39 bits per heavy atom. The Bertz CT molecular complexity index is 775. The van der Waals surface area contributed by atoms with E-state index in [0.29, 0.717) is 50.8 Å². The van der Waals surface area contributed by atoms with E-state index in [1.54, 1.807) is 47.2 Å². The molecule has 8 nitrogen and oxygen atoms in total. The van der Waals surface area contributed by atoms with Gasteiger partial charge in [0.25, 0.3) is 0 Å². The highest BCUT2D eigenvalue weighted by atomic mass is 16.6. The van der Waals surface area contributed by atoms with Crippen LogP contribution in [-0.2, 0) is 11.3 Å². The molecule has 0 aliphatic carbocycles. The van der Waals surface area contributed by atoms with Crippen molar-refractivity contribution in [1.82, 2.24) is 14.8 Å². The number of hydrogen-bond donors (Lipinski definition) is 1. The Hall–Kier alpha value is -3.29. The van der Waals surface area contributed by atoms with Gasteiger partial charge in [0, 0.05) is 38.1 Å². The maximum absolute atomic E-state index is 12.4. The Morgan fingerprint density at radius 2 is 1.75 bits per heavy atom. The van der Waals surface area contributed by atoms with Crippen LogP contribution in [0.3, 0.4) is 0 Å². The third-order valence-electron chi connectivity index (χ3n) is 4.31. The van der Waals surface area contributed by atoms with E-state index in [0.717, 1.165) is 5.69 Å². The second-order valence-electron chi connectivity index (χ2n) is 6.24. The zero-order valence-corrected chi connectivity index (χ0v) is 15.8. The fourth-order valence-corrected chi connectivity index (χ4v) is 2.78. The van der Waals surface area contributed by atoms with Crippen LogP contribution in [0, 0.1) is 0 Å². The lowest BCUT2D eigenvalue weighted by Crippen LogP contribution is -2.51. The first-order valence-corrected chi connectivity index (χ1v) is 9.26. The lowest BCUT2D eigenvalue weighted by molar-refractivity contribution is 0.0868. The molecule has 8 heteroatoms. The molecule has 2 aromatic rings. The van der Waals surface area contributed by atoms with E-state index >= 15 is 0 Å². The van der Waals surface area contributed by atoms with Crippen LogP contribution in [-0.4, -0.2) is 59.7 Å². The normalized spacial score (nSPS) is 13.8. The number of nitrogens with zero attached hydrogens (tertiary/aromatic N) is 3. The van der Waals surface area contributed by atoms with E-state index in [2.05, 4.69) is 10.3 Å². The summed E-state index contributed by atoms with van der Waals surface area (Å²) >= 11 is 0. The predicted octanol–water partition coefficient (Wildman–Crippen LogP) is 2.97. The minimum Gasteiger partial charge on any atom is -0.487 e. The molecule has 1 N–H and O–H groups in total. The van der Waals surface area contributed by atoms with Gasteiger partial charge in [-0.3, -0.25) is 4.98 Å². The second-order valence-corrected chi connectivity index (χ2v) is 6.24. The molecule has 0 radical (unpaired) electrons. The van der Waals surface area contributed by atoms with Gasteiger partial charge in [0.2, 0.25) is 0 Å². The molecule has 0 unspecified atom stereocenters. The number of urea groups is 1. The van der Waals surface area contributed by atoms with Gasteiger partial charge in [0.05, 0.1) is 12.3 Å². The number of nitrogens with one attached hydrogen (secondary N) is 1. The minimum atomic E-state index is -0.330. The largest absolute Gasteiger partial charge is 0.487 e. The first-order chi connectivity index (χ1) is 13.7. The quantitative estimate of drug-likeness (QED) is 0.857. The summed E-state index contributed by atoms with van der Waals surface area (Å²) in [5.41, 5.74) is 1.53. The molecule has 0 spiro atoms. The van der Waals surface area contributed by atoms with E-state index in [-0.39, 0.29) is 12.1 Å². The molecule has 1 fully saturated rings. The molecule has 1 aliphatic heterocycles. The van der Waals surface area contributed by atoms with Gasteiger partial charge in [-0.05, 0) is 43.3 Å². The summed E-state index contributed by atoms with van der Waals surface area (Å²) in [6, 6.07) is 12.7. The van der Waals surface area contributed by atoms with E-state index < -0.39 is 0 Å². The summed E-state index contributed by atoms with van der Waals surface area (Å²) in [6.07, 6.45) is 1.40. The first-order valence-electron chi connectivity index (χ1n) is 9.26. The highest BCUT2D eigenvalue weighted by Gasteiger charge is 2.24. The van der Waals surface area contributed by atoms with Crippen LogP contribution in [0.5, 0.6) is 5.75 Å². The third kappa shape index (κ3) is 5.35. The Kier molecular flexibility index (Phi) is 6.67. The van der Waals surface area contributed by atoms with Crippen molar-refractivity contribution in [3.63, 3.8) is 0 Å². The number of piperazine rings is 1. The molecular formula is C20H24N4O4. The van der Waals surface area contributed by atoms with Crippen molar-refractivity contribution in [2.45, 2.75) is 13.5 Å². The highest BCUT2D eigenvalue weighted by Crippen LogP contribution is 2.17. The number of anilines is 1. The average Bonchev–Trinajstić information content (AvgIpc) is 2.74. The van der Waals surface area contributed by atoms with Crippen molar-refractivity contribution in [2.75, 3.05) is 38.1 Å². The van der Waals surface area contributed by atoms with Gasteiger partial charge < -0.3 is 24.6 Å². The van der Waals surface area contributed by atoms with Gasteiger partial charge in [-0.1, -0.05) is 6.07 Å². The summed E-state index contributed by atoms with van der Waals surface area (Å²) in [6.45, 7) is 4.37. The van der Waals surface area contributed by atoms with Gasteiger partial charge in [0.1, 0.15) is 12.4 Å². The molecular weight excluding hydrogens is 360 g/mol. The maximum Gasteiger partial charge on any atom is 0.409 e. The van der Waals surface area contributed by atoms with Gasteiger partial charge in [-0.25, -0.2) is 9.59 Å². The number of amides is 3. The number of carbonyl (C=O) groups is 2. The monoisotopic (exact) mass is 384 g/mol. The van der Waals surface area contributed by atoms with Crippen molar-refractivity contribution in [1.29, 1.82) is 0 Å². The topological polar surface area (TPSA) is 84.0 Å². The van der Waals surface area contributed by atoms with Gasteiger partial charge >= 0.3 is 12.1 Å². The van der Waals surface area contributed by atoms with Crippen LogP contribution in [0.25, 0.3) is 0 Å². The second kappa shape index (κ2) is 9.59. The number of benzene rings is 1. The lowest BCUT2D eigenvalue weighted by atomic mass is 10.3. The van der Waals surface area contributed by atoms with E-state index in [4.69, 9.17) is 9.47 Å². The van der Waals surface area contributed by atoms with Crippen LogP contribution in [0.2, 0.25) is 0 Å². The molecule has 1 aliphatic rings. The number of ether oxygens (including phenoxy) is 2. The Balaban J connectivity index is 1.45. The molecule has 1 saturated heterocycles. The van der Waals surface area contributed by atoms with E-state index in [9.17, 15) is 9.59 Å². The molecule has 1 aromatic heterocycles. The van der Waals surface area contributed by atoms with Crippen LogP contribution < -0.4 is 10.1 Å². The molecule has 0 atom stereocenters. The molecule has 0 saturated carbocycles. The molecule has 148 valence electrons. The SMILES string of the molecule is CCOC(=O)N1CCN(C(=O)Nc2ccc(OCc3ccccn3)cc2)CC1. The van der Waals surface area contributed by atoms with Crippen LogP contribution >= 0.6 is 0 Å². The highest BCUT2D eigenvalue weighted by molar-refractivity contribution is 5.89. The number of pyridine rings is 1. The smallest absolute Gasteiger partial charge is 0.409 e. The van der Waals surface area contributed by atoms with Gasteiger partial charge in [-0.15, -0.1) is 0 Å². The first kappa shape index (κ1) is 19.5. The Labute approximate surface area is 164 Å². The molecule has 28 heavy (non-hydrogen) atoms. The van der Waals surface area contributed by atoms with E-state index in [1.807, 2.05) is 18.2 Å². The maximum atomic E-state index is 12.4. The van der Waals surface area contributed by atoms with Gasteiger partial charge in [-0.2, -0.15) is 0 Å². The summed E-state index contributed by atoms with van der Waals surface area (Å²) in [5, 5.41) is 2.87. The predicted molar refractivity (Wildman–Crippen MR) is 104 cm³/mol. The number of rotatable bonds is 5. The summed E-state index contributed by atoms with van der Waals surface area (Å²) in [7, 11) is 0. The van der Waals surface area contributed by atoms with E-state index in [1.165, 1.54) is 0 Å². The molecule has 1 aromatic carbocycles. The average molecular weight is 384 g/mol. The number of hydrogen-bond acceptors (Lipinski definition) is 5. The molecule has 0 bridgehead atoms.